The van der Waals surface area contributed by atoms with E-state index < -0.39 is 12.0 Å². The van der Waals surface area contributed by atoms with Crippen LogP contribution in [0, 0.1) is 0 Å². The van der Waals surface area contributed by atoms with E-state index in [1.54, 1.807) is 12.1 Å². The Morgan fingerprint density at radius 1 is 1.07 bits per heavy atom. The van der Waals surface area contributed by atoms with E-state index in [1.807, 2.05) is 0 Å². The second-order valence-corrected chi connectivity index (χ2v) is 7.97. The number of likely N-dealkylation sites (tertiary alicyclic amines) is 1. The fourth-order valence-corrected chi connectivity index (χ4v) is 4.39. The summed E-state index contributed by atoms with van der Waals surface area (Å²) in [6.45, 7) is 2.48. The first-order valence-electron chi connectivity index (χ1n) is 9.81. The van der Waals surface area contributed by atoms with Gasteiger partial charge in [-0.25, -0.2) is 0 Å². The van der Waals surface area contributed by atoms with Crippen molar-refractivity contribution in [3.63, 3.8) is 0 Å². The van der Waals surface area contributed by atoms with Crippen LogP contribution in [-0.4, -0.2) is 47.6 Å². The molecule has 0 amide bonds. The fraction of sp³-hybridized carbons (Fsp3) is 0.700. The molecule has 4 nitrogen and oxygen atoms in total. The molecule has 3 rings (SSSR count). The summed E-state index contributed by atoms with van der Waals surface area (Å²) in [5, 5.41) is 11.4. The van der Waals surface area contributed by atoms with Crippen molar-refractivity contribution in [3.8, 4) is 5.75 Å². The molecule has 1 unspecified atom stereocenters. The van der Waals surface area contributed by atoms with Crippen LogP contribution >= 0.6 is 24.8 Å². The van der Waals surface area contributed by atoms with Gasteiger partial charge in [0, 0.05) is 18.5 Å². The maximum absolute atomic E-state index is 12.4. The third-order valence-corrected chi connectivity index (χ3v) is 5.96. The molecular weight excluding hydrogens is 428 g/mol. The molecule has 1 aromatic rings. The predicted octanol–water partition coefficient (Wildman–Crippen LogP) is 4.63. The second kappa shape index (κ2) is 11.0. The van der Waals surface area contributed by atoms with Crippen molar-refractivity contribution >= 4 is 24.8 Å². The monoisotopic (exact) mass is 458 g/mol. The van der Waals surface area contributed by atoms with Crippen LogP contribution in [0.15, 0.2) is 24.3 Å². The molecule has 1 atom stereocenters. The zero-order chi connectivity index (χ0) is 19.5. The summed E-state index contributed by atoms with van der Waals surface area (Å²) < 4.78 is 41.2. The van der Waals surface area contributed by atoms with Gasteiger partial charge in [-0.2, -0.15) is 0 Å². The van der Waals surface area contributed by atoms with E-state index in [2.05, 4.69) is 9.64 Å². The van der Waals surface area contributed by atoms with E-state index in [9.17, 15) is 18.3 Å². The van der Waals surface area contributed by atoms with Gasteiger partial charge in [-0.15, -0.1) is 38.0 Å². The van der Waals surface area contributed by atoms with Crippen molar-refractivity contribution in [2.45, 2.75) is 68.9 Å². The number of nitrogens with two attached hydrogens (primary N) is 1. The summed E-state index contributed by atoms with van der Waals surface area (Å²) in [6, 6.07) is 6.24. The molecule has 0 spiro atoms. The minimum absolute atomic E-state index is 0. The first-order valence-corrected chi connectivity index (χ1v) is 9.81. The van der Waals surface area contributed by atoms with E-state index in [-0.39, 0.29) is 42.5 Å². The van der Waals surface area contributed by atoms with Crippen LogP contribution in [0.4, 0.5) is 13.2 Å². The number of hydrogen-bond donors (Lipinski definition) is 2. The normalized spacial score (nSPS) is 21.6. The number of halogens is 5. The van der Waals surface area contributed by atoms with Gasteiger partial charge in [0.25, 0.3) is 0 Å². The minimum atomic E-state index is -4.70. The Labute approximate surface area is 182 Å². The number of aliphatic hydroxyl groups is 1. The molecule has 168 valence electrons. The Bertz CT molecular complexity index is 603. The number of hydrogen-bond acceptors (Lipinski definition) is 4. The van der Waals surface area contributed by atoms with Crippen molar-refractivity contribution in [2.24, 2.45) is 5.73 Å². The van der Waals surface area contributed by atoms with Crippen LogP contribution in [0.3, 0.4) is 0 Å². The number of benzene rings is 1. The molecule has 9 heteroatoms. The highest BCUT2D eigenvalue weighted by molar-refractivity contribution is 5.85. The van der Waals surface area contributed by atoms with Crippen LogP contribution in [0.1, 0.15) is 56.4 Å². The smallest absolute Gasteiger partial charge is 0.406 e. The van der Waals surface area contributed by atoms with Crippen LogP contribution in [0.25, 0.3) is 0 Å². The Balaban J connectivity index is 0.00000210. The van der Waals surface area contributed by atoms with Gasteiger partial charge in [0.2, 0.25) is 0 Å². The van der Waals surface area contributed by atoms with Crippen molar-refractivity contribution in [1.82, 2.24) is 4.90 Å². The SMILES string of the molecule is Cl.Cl.NC1CCN(CC(c2ccc(OC(F)(F)F)cc2)C2(O)CCCCC2)CC1. The zero-order valence-electron chi connectivity index (χ0n) is 16.4. The predicted molar refractivity (Wildman–Crippen MR) is 112 cm³/mol. The largest absolute Gasteiger partial charge is 0.573 e. The molecule has 1 saturated heterocycles. The van der Waals surface area contributed by atoms with Gasteiger partial charge < -0.3 is 20.5 Å². The third kappa shape index (κ3) is 7.47. The highest BCUT2D eigenvalue weighted by atomic mass is 35.5. The molecule has 1 aromatic carbocycles. The molecule has 0 bridgehead atoms. The summed E-state index contributed by atoms with van der Waals surface area (Å²) in [6.07, 6.45) is 1.70. The maximum atomic E-state index is 12.4. The quantitative estimate of drug-likeness (QED) is 0.674. The van der Waals surface area contributed by atoms with Gasteiger partial charge in [0.15, 0.2) is 0 Å². The van der Waals surface area contributed by atoms with Gasteiger partial charge in [-0.1, -0.05) is 31.4 Å². The molecule has 1 aliphatic carbocycles. The standard InChI is InChI=1S/C20H29F3N2O2.2ClH/c21-20(22,23)27-17-6-4-15(5-7-17)18(19(26)10-2-1-3-11-19)14-25-12-8-16(24)9-13-25;;/h4-7,16,18,26H,1-3,8-14,24H2;2*1H. The molecule has 1 saturated carbocycles. The van der Waals surface area contributed by atoms with Gasteiger partial charge in [0.1, 0.15) is 5.75 Å². The fourth-order valence-electron chi connectivity index (χ4n) is 4.39. The van der Waals surface area contributed by atoms with Gasteiger partial charge in [-0.05, 0) is 56.5 Å². The Morgan fingerprint density at radius 3 is 2.14 bits per heavy atom. The first kappa shape index (κ1) is 26.3. The summed E-state index contributed by atoms with van der Waals surface area (Å²) >= 11 is 0. The lowest BCUT2D eigenvalue weighted by Gasteiger charge is -2.43. The molecule has 2 aliphatic rings. The average Bonchev–Trinajstić information content (AvgIpc) is 2.61. The number of rotatable bonds is 5. The third-order valence-electron chi connectivity index (χ3n) is 5.96. The number of ether oxygens (including phenoxy) is 1. The van der Waals surface area contributed by atoms with E-state index in [0.29, 0.717) is 6.54 Å². The zero-order valence-corrected chi connectivity index (χ0v) is 18.0. The summed E-state index contributed by atoms with van der Waals surface area (Å²) in [7, 11) is 0. The number of alkyl halides is 3. The molecule has 1 heterocycles. The Morgan fingerprint density at radius 2 is 1.62 bits per heavy atom. The Hall–Kier alpha value is -0.730. The highest BCUT2D eigenvalue weighted by Crippen LogP contribution is 2.41. The highest BCUT2D eigenvalue weighted by Gasteiger charge is 2.40. The van der Waals surface area contributed by atoms with E-state index in [0.717, 1.165) is 63.6 Å². The van der Waals surface area contributed by atoms with Gasteiger partial charge in [0.05, 0.1) is 5.60 Å². The van der Waals surface area contributed by atoms with Crippen LogP contribution < -0.4 is 10.5 Å². The first-order chi connectivity index (χ1) is 12.8. The topological polar surface area (TPSA) is 58.7 Å². The average molecular weight is 459 g/mol. The Kier molecular flexibility index (Phi) is 10.0. The molecule has 0 aromatic heterocycles. The second-order valence-electron chi connectivity index (χ2n) is 7.97. The van der Waals surface area contributed by atoms with E-state index >= 15 is 0 Å². The molecular formula is C20H31Cl2F3N2O2. The summed E-state index contributed by atoms with van der Waals surface area (Å²) in [5.41, 5.74) is 6.04. The molecule has 0 radical (unpaired) electrons. The van der Waals surface area contributed by atoms with Crippen molar-refractivity contribution in [2.75, 3.05) is 19.6 Å². The molecule has 1 aliphatic heterocycles. The molecule has 3 N–H and O–H groups in total. The van der Waals surface area contributed by atoms with E-state index in [4.69, 9.17) is 5.73 Å². The molecule has 2 fully saturated rings. The maximum Gasteiger partial charge on any atom is 0.573 e. The summed E-state index contributed by atoms with van der Waals surface area (Å²) in [4.78, 5) is 2.32. The number of nitrogens with zero attached hydrogens (tertiary/aromatic N) is 1. The minimum Gasteiger partial charge on any atom is -0.406 e. The lowest BCUT2D eigenvalue weighted by atomic mass is 9.72. The molecule has 29 heavy (non-hydrogen) atoms. The lowest BCUT2D eigenvalue weighted by Crippen LogP contribution is -2.47. The van der Waals surface area contributed by atoms with Crippen LogP contribution in [0.5, 0.6) is 5.75 Å². The van der Waals surface area contributed by atoms with Crippen molar-refractivity contribution in [1.29, 1.82) is 0 Å². The summed E-state index contributed by atoms with van der Waals surface area (Å²) in [5.74, 6) is -0.364. The van der Waals surface area contributed by atoms with Gasteiger partial charge >= 0.3 is 6.36 Å². The van der Waals surface area contributed by atoms with Crippen LogP contribution in [-0.2, 0) is 0 Å². The lowest BCUT2D eigenvalue weighted by molar-refractivity contribution is -0.274. The van der Waals surface area contributed by atoms with Crippen LogP contribution in [0.2, 0.25) is 0 Å². The van der Waals surface area contributed by atoms with Gasteiger partial charge in [-0.3, -0.25) is 0 Å². The number of piperidine rings is 1. The van der Waals surface area contributed by atoms with Crippen molar-refractivity contribution < 1.29 is 23.0 Å². The van der Waals surface area contributed by atoms with Crippen molar-refractivity contribution in [3.05, 3.63) is 29.8 Å². The van der Waals surface area contributed by atoms with E-state index in [1.165, 1.54) is 12.1 Å².